The number of sulfone groups is 1. The smallest absolute Gasteiger partial charge is 0.308 e. The zero-order valence-electron chi connectivity index (χ0n) is 11.4. The lowest BCUT2D eigenvalue weighted by Crippen LogP contribution is -2.13. The van der Waals surface area contributed by atoms with Crippen LogP contribution in [0.15, 0.2) is 59.5 Å². The molecule has 1 aliphatic rings. The van der Waals surface area contributed by atoms with Gasteiger partial charge >= 0.3 is 5.97 Å². The van der Waals surface area contributed by atoms with Gasteiger partial charge in [0.15, 0.2) is 9.84 Å². The summed E-state index contributed by atoms with van der Waals surface area (Å²) in [4.78, 5) is 11.6. The molecule has 1 fully saturated rings. The highest BCUT2D eigenvalue weighted by atomic mass is 35.5. The van der Waals surface area contributed by atoms with Gasteiger partial charge in [0.25, 0.3) is 0 Å². The second-order valence-corrected chi connectivity index (χ2v) is 7.81. The normalized spacial score (nSPS) is 24.0. The average molecular weight is 337 g/mol. The second kappa shape index (κ2) is 5.41. The van der Waals surface area contributed by atoms with E-state index >= 15 is 0 Å². The molecular weight excluding hydrogens is 324 g/mol. The Balaban J connectivity index is 1.99. The fraction of sp³-hybridized carbons (Fsp3) is 0.188. The highest BCUT2D eigenvalue weighted by Gasteiger charge is 2.63. The van der Waals surface area contributed by atoms with Crippen LogP contribution < -0.4 is 0 Å². The first-order chi connectivity index (χ1) is 10.4. The van der Waals surface area contributed by atoms with Crippen LogP contribution >= 0.6 is 11.6 Å². The molecule has 4 nitrogen and oxygen atoms in total. The minimum atomic E-state index is -3.68. The Morgan fingerprint density at radius 1 is 1.00 bits per heavy atom. The van der Waals surface area contributed by atoms with Crippen LogP contribution in [0.1, 0.15) is 11.5 Å². The molecule has 0 spiro atoms. The maximum atomic E-state index is 12.7. The van der Waals surface area contributed by atoms with Gasteiger partial charge in [0, 0.05) is 10.9 Å². The monoisotopic (exact) mass is 336 g/mol. The van der Waals surface area contributed by atoms with Crippen LogP contribution in [0.5, 0.6) is 0 Å². The van der Waals surface area contributed by atoms with Crippen molar-refractivity contribution >= 4 is 27.4 Å². The maximum Gasteiger partial charge on any atom is 0.308 e. The van der Waals surface area contributed by atoms with Crippen LogP contribution in [0.3, 0.4) is 0 Å². The van der Waals surface area contributed by atoms with Gasteiger partial charge in [-0.1, -0.05) is 41.9 Å². The van der Waals surface area contributed by atoms with Crippen molar-refractivity contribution in [2.75, 3.05) is 0 Å². The van der Waals surface area contributed by atoms with Gasteiger partial charge in [-0.3, -0.25) is 4.79 Å². The summed E-state index contributed by atoms with van der Waals surface area (Å²) in [6, 6.07) is 14.6. The Kier molecular flexibility index (Phi) is 3.70. The van der Waals surface area contributed by atoms with Gasteiger partial charge < -0.3 is 5.11 Å². The molecule has 0 heterocycles. The van der Waals surface area contributed by atoms with Crippen LogP contribution in [0.4, 0.5) is 0 Å². The highest BCUT2D eigenvalue weighted by Crippen LogP contribution is 2.54. The van der Waals surface area contributed by atoms with Gasteiger partial charge in [0.05, 0.1) is 16.1 Å². The number of halogens is 1. The summed E-state index contributed by atoms with van der Waals surface area (Å²) in [5.74, 6) is -2.56. The molecule has 0 saturated heterocycles. The molecule has 114 valence electrons. The minimum Gasteiger partial charge on any atom is -0.481 e. The van der Waals surface area contributed by atoms with Crippen LogP contribution in [-0.2, 0) is 14.6 Å². The summed E-state index contributed by atoms with van der Waals surface area (Å²) in [6.45, 7) is 0. The van der Waals surface area contributed by atoms with Crippen molar-refractivity contribution < 1.29 is 18.3 Å². The second-order valence-electron chi connectivity index (χ2n) is 5.26. The summed E-state index contributed by atoms with van der Waals surface area (Å²) >= 11 is 5.82. The van der Waals surface area contributed by atoms with Crippen LogP contribution in [0.25, 0.3) is 0 Å². The van der Waals surface area contributed by atoms with Gasteiger partial charge in [0.1, 0.15) is 0 Å². The highest BCUT2D eigenvalue weighted by molar-refractivity contribution is 7.92. The van der Waals surface area contributed by atoms with Gasteiger partial charge in [-0.15, -0.1) is 0 Å². The lowest BCUT2D eigenvalue weighted by molar-refractivity contribution is -0.138. The van der Waals surface area contributed by atoms with E-state index in [1.165, 1.54) is 12.1 Å². The summed E-state index contributed by atoms with van der Waals surface area (Å²) in [6.07, 6.45) is 0. The van der Waals surface area contributed by atoms with E-state index in [1.807, 2.05) is 0 Å². The average Bonchev–Trinajstić information content (AvgIpc) is 3.25. The van der Waals surface area contributed by atoms with E-state index < -0.39 is 32.9 Å². The number of carboxylic acid groups (broad SMARTS) is 1. The number of hydrogen-bond acceptors (Lipinski definition) is 3. The first kappa shape index (κ1) is 15.1. The van der Waals surface area contributed by atoms with Crippen molar-refractivity contribution in [1.82, 2.24) is 0 Å². The number of carboxylic acids is 1. The molecule has 3 rings (SSSR count). The van der Waals surface area contributed by atoms with Crippen molar-refractivity contribution in [2.45, 2.75) is 16.1 Å². The minimum absolute atomic E-state index is 0.155. The number of aliphatic carboxylic acids is 1. The van der Waals surface area contributed by atoms with Crippen LogP contribution in [0, 0.1) is 5.92 Å². The number of benzene rings is 2. The number of rotatable bonds is 4. The van der Waals surface area contributed by atoms with E-state index in [1.54, 1.807) is 42.5 Å². The SMILES string of the molecule is O=C(O)[C@H]1[C@@H](c2ccc(Cl)cc2)[C@@H]1S(=O)(=O)c1ccccc1. The molecule has 2 aromatic rings. The van der Waals surface area contributed by atoms with E-state index in [4.69, 9.17) is 11.6 Å². The van der Waals surface area contributed by atoms with Crippen molar-refractivity contribution in [2.24, 2.45) is 5.92 Å². The van der Waals surface area contributed by atoms with Gasteiger partial charge in [-0.25, -0.2) is 8.42 Å². The predicted molar refractivity (Wildman–Crippen MR) is 82.7 cm³/mol. The van der Waals surface area contributed by atoms with Crippen molar-refractivity contribution in [3.63, 3.8) is 0 Å². The zero-order chi connectivity index (χ0) is 15.9. The van der Waals surface area contributed by atoms with Crippen LogP contribution in [0.2, 0.25) is 5.02 Å². The van der Waals surface area contributed by atoms with E-state index in [0.29, 0.717) is 10.6 Å². The molecule has 2 aromatic carbocycles. The standard InChI is InChI=1S/C16H13ClO4S/c17-11-8-6-10(7-9-11)13-14(16(18)19)15(13)22(20,21)12-4-2-1-3-5-12/h1-9,13-15H,(H,18,19)/t13-,14+,15+/m1/s1. The molecule has 0 amide bonds. The van der Waals surface area contributed by atoms with E-state index in [0.717, 1.165) is 0 Å². The number of carbonyl (C=O) groups is 1. The van der Waals surface area contributed by atoms with Crippen molar-refractivity contribution in [1.29, 1.82) is 0 Å². The summed E-state index contributed by atoms with van der Waals surface area (Å²) in [7, 11) is -3.68. The molecule has 0 radical (unpaired) electrons. The van der Waals surface area contributed by atoms with Gasteiger partial charge in [-0.05, 0) is 29.8 Å². The third-order valence-electron chi connectivity index (χ3n) is 3.92. The lowest BCUT2D eigenvalue weighted by Gasteiger charge is -2.04. The Labute approximate surface area is 133 Å². The third-order valence-corrected chi connectivity index (χ3v) is 6.41. The van der Waals surface area contributed by atoms with Crippen molar-refractivity contribution in [3.05, 3.63) is 65.2 Å². The Hall–Kier alpha value is -1.85. The molecule has 0 aromatic heterocycles. The Morgan fingerprint density at radius 3 is 2.14 bits per heavy atom. The summed E-state index contributed by atoms with van der Waals surface area (Å²) < 4.78 is 25.3. The lowest BCUT2D eigenvalue weighted by atomic mass is 10.1. The molecular formula is C16H13ClO4S. The molecule has 6 heteroatoms. The first-order valence-corrected chi connectivity index (χ1v) is 8.62. The summed E-state index contributed by atoms with van der Waals surface area (Å²) in [5, 5.41) is 8.92. The Morgan fingerprint density at radius 2 is 1.59 bits per heavy atom. The number of hydrogen-bond donors (Lipinski definition) is 1. The maximum absolute atomic E-state index is 12.7. The molecule has 0 aliphatic heterocycles. The molecule has 0 bridgehead atoms. The van der Waals surface area contributed by atoms with Crippen LogP contribution in [-0.4, -0.2) is 24.7 Å². The molecule has 1 saturated carbocycles. The third kappa shape index (κ3) is 2.51. The fourth-order valence-corrected chi connectivity index (χ4v) is 5.08. The molecule has 1 aliphatic carbocycles. The van der Waals surface area contributed by atoms with Gasteiger partial charge in [-0.2, -0.15) is 0 Å². The molecule has 0 unspecified atom stereocenters. The van der Waals surface area contributed by atoms with E-state index in [2.05, 4.69) is 0 Å². The van der Waals surface area contributed by atoms with Crippen molar-refractivity contribution in [3.8, 4) is 0 Å². The van der Waals surface area contributed by atoms with Gasteiger partial charge in [0.2, 0.25) is 0 Å². The predicted octanol–water partition coefficient (Wildman–Crippen LogP) is 2.98. The topological polar surface area (TPSA) is 71.4 Å². The summed E-state index contributed by atoms with van der Waals surface area (Å²) in [5.41, 5.74) is 0.682. The Bertz CT molecular complexity index is 800. The first-order valence-electron chi connectivity index (χ1n) is 6.70. The molecule has 22 heavy (non-hydrogen) atoms. The fourth-order valence-electron chi connectivity index (χ4n) is 2.81. The zero-order valence-corrected chi connectivity index (χ0v) is 13.0. The largest absolute Gasteiger partial charge is 0.481 e. The molecule has 3 atom stereocenters. The van der Waals surface area contributed by atoms with E-state index in [9.17, 15) is 18.3 Å². The molecule has 1 N–H and O–H groups in total. The van der Waals surface area contributed by atoms with E-state index in [-0.39, 0.29) is 4.90 Å². The quantitative estimate of drug-likeness (QED) is 0.931.